The number of halogens is 1. The van der Waals surface area contributed by atoms with E-state index in [2.05, 4.69) is 15.9 Å². The fourth-order valence-electron chi connectivity index (χ4n) is 2.23. The number of hydrogen-bond acceptors (Lipinski definition) is 2. The summed E-state index contributed by atoms with van der Waals surface area (Å²) in [5, 5.41) is 9.24. The molecule has 0 amide bonds. The highest BCUT2D eigenvalue weighted by molar-refractivity contribution is 9.10. The minimum atomic E-state index is -0.769. The molecule has 17 heavy (non-hydrogen) atoms. The first kappa shape index (κ1) is 12.4. The van der Waals surface area contributed by atoms with Crippen molar-refractivity contribution in [2.45, 2.75) is 32.3 Å². The molecular formula is C13H15BrO3. The topological polar surface area (TPSA) is 46.5 Å². The molecule has 0 bridgehead atoms. The third-order valence-corrected chi connectivity index (χ3v) is 3.57. The van der Waals surface area contributed by atoms with Crippen LogP contribution < -0.4 is 4.74 Å². The van der Waals surface area contributed by atoms with E-state index in [1.54, 1.807) is 0 Å². The zero-order valence-corrected chi connectivity index (χ0v) is 11.2. The molecule has 1 heterocycles. The Hall–Kier alpha value is -1.03. The van der Waals surface area contributed by atoms with Gasteiger partial charge >= 0.3 is 5.97 Å². The second kappa shape index (κ2) is 5.08. The fraction of sp³-hybridized carbons (Fsp3) is 0.462. The number of carboxylic acids is 1. The van der Waals surface area contributed by atoms with Gasteiger partial charge in [-0.1, -0.05) is 29.3 Å². The molecule has 1 aliphatic heterocycles. The van der Waals surface area contributed by atoms with E-state index in [4.69, 9.17) is 4.74 Å². The number of ether oxygens (including phenoxy) is 1. The molecule has 92 valence electrons. The first-order chi connectivity index (χ1) is 8.11. The average Bonchev–Trinajstić information content (AvgIpc) is 2.28. The van der Waals surface area contributed by atoms with Crippen LogP contribution in [0.4, 0.5) is 0 Å². The first-order valence-electron chi connectivity index (χ1n) is 5.79. The number of rotatable bonds is 3. The maximum Gasteiger partial charge on any atom is 0.310 e. The van der Waals surface area contributed by atoms with Crippen molar-refractivity contribution in [3.8, 4) is 5.75 Å². The second-order valence-electron chi connectivity index (χ2n) is 4.35. The largest absolute Gasteiger partial charge is 0.489 e. The van der Waals surface area contributed by atoms with E-state index in [0.29, 0.717) is 6.42 Å². The Labute approximate surface area is 109 Å². The molecule has 1 aromatic rings. The van der Waals surface area contributed by atoms with Crippen LogP contribution in [0, 0.1) is 5.92 Å². The summed E-state index contributed by atoms with van der Waals surface area (Å²) >= 11 is 3.39. The van der Waals surface area contributed by atoms with Gasteiger partial charge in [0.25, 0.3) is 0 Å². The number of carbonyl (C=O) groups is 1. The Morgan fingerprint density at radius 2 is 2.35 bits per heavy atom. The van der Waals surface area contributed by atoms with Gasteiger partial charge in [0.2, 0.25) is 0 Å². The van der Waals surface area contributed by atoms with Crippen molar-refractivity contribution < 1.29 is 14.6 Å². The number of carboxylic acid groups (broad SMARTS) is 1. The lowest BCUT2D eigenvalue weighted by Gasteiger charge is -2.31. The first-order valence-corrected chi connectivity index (χ1v) is 6.59. The van der Waals surface area contributed by atoms with Crippen LogP contribution in [0.5, 0.6) is 5.75 Å². The highest BCUT2D eigenvalue weighted by atomic mass is 79.9. The van der Waals surface area contributed by atoms with Crippen LogP contribution in [0.3, 0.4) is 0 Å². The lowest BCUT2D eigenvalue weighted by molar-refractivity contribution is -0.145. The number of fused-ring (bicyclic) bond motifs is 1. The SMILES string of the molecule is CCCC1Oc2ccc(Br)cc2CC1C(=O)O. The molecule has 0 aromatic heterocycles. The summed E-state index contributed by atoms with van der Waals surface area (Å²) in [6, 6.07) is 5.76. The Morgan fingerprint density at radius 1 is 1.59 bits per heavy atom. The van der Waals surface area contributed by atoms with Gasteiger partial charge in [0.15, 0.2) is 0 Å². The molecule has 2 atom stereocenters. The average molecular weight is 299 g/mol. The third-order valence-electron chi connectivity index (χ3n) is 3.08. The molecule has 0 fully saturated rings. The monoisotopic (exact) mass is 298 g/mol. The highest BCUT2D eigenvalue weighted by Gasteiger charge is 2.34. The van der Waals surface area contributed by atoms with Gasteiger partial charge in [0, 0.05) is 4.47 Å². The summed E-state index contributed by atoms with van der Waals surface area (Å²) in [6.07, 6.45) is 2.06. The van der Waals surface area contributed by atoms with Crippen LogP contribution in [0.2, 0.25) is 0 Å². The minimum absolute atomic E-state index is 0.203. The lowest BCUT2D eigenvalue weighted by Crippen LogP contribution is -2.37. The van der Waals surface area contributed by atoms with E-state index in [1.165, 1.54) is 0 Å². The molecule has 0 radical (unpaired) electrons. The highest BCUT2D eigenvalue weighted by Crippen LogP contribution is 2.34. The van der Waals surface area contributed by atoms with Crippen molar-refractivity contribution in [2.24, 2.45) is 5.92 Å². The zero-order valence-electron chi connectivity index (χ0n) is 9.65. The maximum atomic E-state index is 11.2. The van der Waals surface area contributed by atoms with Crippen LogP contribution in [0.1, 0.15) is 25.3 Å². The van der Waals surface area contributed by atoms with Gasteiger partial charge in [-0.15, -0.1) is 0 Å². The van der Waals surface area contributed by atoms with Crippen molar-refractivity contribution in [1.82, 2.24) is 0 Å². The molecule has 4 heteroatoms. The summed E-state index contributed by atoms with van der Waals surface area (Å²) in [5.41, 5.74) is 0.971. The quantitative estimate of drug-likeness (QED) is 0.932. The maximum absolute atomic E-state index is 11.2. The molecule has 0 spiro atoms. The lowest BCUT2D eigenvalue weighted by atomic mass is 9.88. The smallest absolute Gasteiger partial charge is 0.310 e. The zero-order chi connectivity index (χ0) is 12.4. The van der Waals surface area contributed by atoms with Crippen LogP contribution >= 0.6 is 15.9 Å². The Morgan fingerprint density at radius 3 is 3.00 bits per heavy atom. The molecule has 2 rings (SSSR count). The molecular weight excluding hydrogens is 284 g/mol. The summed E-state index contributed by atoms with van der Waals surface area (Å²) in [5.74, 6) is -0.380. The number of aliphatic carboxylic acids is 1. The summed E-state index contributed by atoms with van der Waals surface area (Å²) in [4.78, 5) is 11.2. The van der Waals surface area contributed by atoms with E-state index < -0.39 is 11.9 Å². The molecule has 1 aliphatic rings. The Balaban J connectivity index is 2.29. The number of benzene rings is 1. The van der Waals surface area contributed by atoms with Crippen molar-refractivity contribution >= 4 is 21.9 Å². The van der Waals surface area contributed by atoms with Crippen molar-refractivity contribution in [2.75, 3.05) is 0 Å². The molecule has 1 N–H and O–H groups in total. The van der Waals surface area contributed by atoms with Crippen LogP contribution in [0.15, 0.2) is 22.7 Å². The van der Waals surface area contributed by atoms with Gasteiger partial charge < -0.3 is 9.84 Å². The molecule has 1 aromatic carbocycles. The molecule has 0 aliphatic carbocycles. The second-order valence-corrected chi connectivity index (χ2v) is 5.26. The van der Waals surface area contributed by atoms with Crippen molar-refractivity contribution in [3.63, 3.8) is 0 Å². The Bertz CT molecular complexity index is 431. The van der Waals surface area contributed by atoms with Gasteiger partial charge in [-0.3, -0.25) is 4.79 Å². The predicted octanol–water partition coefficient (Wildman–Crippen LogP) is 3.25. The molecule has 3 nitrogen and oxygen atoms in total. The van der Waals surface area contributed by atoms with E-state index in [0.717, 1.165) is 28.6 Å². The fourth-order valence-corrected chi connectivity index (χ4v) is 2.64. The van der Waals surface area contributed by atoms with E-state index in [1.807, 2.05) is 25.1 Å². The van der Waals surface area contributed by atoms with Crippen LogP contribution in [0.25, 0.3) is 0 Å². The van der Waals surface area contributed by atoms with Crippen LogP contribution in [-0.2, 0) is 11.2 Å². The predicted molar refractivity (Wildman–Crippen MR) is 68.3 cm³/mol. The number of hydrogen-bond donors (Lipinski definition) is 1. The van der Waals surface area contributed by atoms with Gasteiger partial charge in [-0.2, -0.15) is 0 Å². The molecule has 0 saturated carbocycles. The van der Waals surface area contributed by atoms with Crippen LogP contribution in [-0.4, -0.2) is 17.2 Å². The van der Waals surface area contributed by atoms with Gasteiger partial charge in [0.05, 0.1) is 5.92 Å². The Kier molecular flexibility index (Phi) is 3.72. The van der Waals surface area contributed by atoms with Gasteiger partial charge in [-0.25, -0.2) is 0 Å². The van der Waals surface area contributed by atoms with Gasteiger partial charge in [-0.05, 0) is 36.6 Å². The van der Waals surface area contributed by atoms with Crippen molar-refractivity contribution in [3.05, 3.63) is 28.2 Å². The minimum Gasteiger partial charge on any atom is -0.489 e. The molecule has 0 saturated heterocycles. The summed E-state index contributed by atoms with van der Waals surface area (Å²) in [6.45, 7) is 2.04. The van der Waals surface area contributed by atoms with E-state index in [-0.39, 0.29) is 6.10 Å². The standard InChI is InChI=1S/C13H15BrO3/c1-2-3-12-10(13(15)16)7-8-6-9(14)4-5-11(8)17-12/h4-6,10,12H,2-3,7H2,1H3,(H,15,16). The summed E-state index contributed by atoms with van der Waals surface area (Å²) < 4.78 is 6.76. The third kappa shape index (κ3) is 2.63. The van der Waals surface area contributed by atoms with Gasteiger partial charge in [0.1, 0.15) is 11.9 Å². The normalized spacial score (nSPS) is 22.7. The van der Waals surface area contributed by atoms with E-state index in [9.17, 15) is 9.90 Å². The molecule has 2 unspecified atom stereocenters. The van der Waals surface area contributed by atoms with E-state index >= 15 is 0 Å². The summed E-state index contributed by atoms with van der Waals surface area (Å²) in [7, 11) is 0. The van der Waals surface area contributed by atoms with Crippen molar-refractivity contribution in [1.29, 1.82) is 0 Å².